The summed E-state index contributed by atoms with van der Waals surface area (Å²) in [6.07, 6.45) is 4.67. The van der Waals surface area contributed by atoms with Gasteiger partial charge in [0, 0.05) is 42.5 Å². The molecule has 0 spiro atoms. The predicted molar refractivity (Wildman–Crippen MR) is 91.0 cm³/mol. The average molecular weight is 310 g/mol. The fraction of sp³-hybridized carbons (Fsp3) is 0.444. The number of carbonyl (C=O) groups is 1. The third-order valence-electron chi connectivity index (χ3n) is 5.14. The molecule has 0 radical (unpaired) electrons. The molecule has 5 heteroatoms. The summed E-state index contributed by atoms with van der Waals surface area (Å²) in [6.45, 7) is 6.34. The van der Waals surface area contributed by atoms with Crippen LogP contribution in [0.15, 0.2) is 18.5 Å². The zero-order valence-electron chi connectivity index (χ0n) is 13.6. The van der Waals surface area contributed by atoms with Crippen molar-refractivity contribution in [3.8, 4) is 0 Å². The standard InChI is InChI=1S/C18H22N4O/c1-11-15(22-7-3-4-8-22)6-5-13-14(9-16(23)21-17(11)13)18-12(2)19-10-20-18/h5-6,10,14H,3-4,7-9H2,1-2H3,(H,19,20)(H,21,23). The number of carbonyl (C=O) groups excluding carboxylic acids is 1. The summed E-state index contributed by atoms with van der Waals surface area (Å²) in [5.41, 5.74) is 6.61. The highest BCUT2D eigenvalue weighted by atomic mass is 16.1. The second kappa shape index (κ2) is 5.41. The van der Waals surface area contributed by atoms with Crippen molar-refractivity contribution < 1.29 is 4.79 Å². The number of benzene rings is 1. The van der Waals surface area contributed by atoms with E-state index >= 15 is 0 Å². The smallest absolute Gasteiger partial charge is 0.225 e. The van der Waals surface area contributed by atoms with E-state index in [-0.39, 0.29) is 11.8 Å². The van der Waals surface area contributed by atoms with Crippen LogP contribution in [0.25, 0.3) is 0 Å². The van der Waals surface area contributed by atoms with Gasteiger partial charge in [0.1, 0.15) is 0 Å². The maximum atomic E-state index is 12.3. The molecule has 1 amide bonds. The van der Waals surface area contributed by atoms with Crippen LogP contribution < -0.4 is 10.2 Å². The summed E-state index contributed by atoms with van der Waals surface area (Å²) in [5, 5.41) is 3.10. The van der Waals surface area contributed by atoms with Crippen LogP contribution in [0.4, 0.5) is 11.4 Å². The second-order valence-corrected chi connectivity index (χ2v) is 6.59. The van der Waals surface area contributed by atoms with Crippen molar-refractivity contribution in [1.82, 2.24) is 9.97 Å². The number of nitrogens with zero attached hydrogens (tertiary/aromatic N) is 2. The van der Waals surface area contributed by atoms with Crippen molar-refractivity contribution in [1.29, 1.82) is 0 Å². The quantitative estimate of drug-likeness (QED) is 0.896. The Bertz CT molecular complexity index is 758. The first-order valence-corrected chi connectivity index (χ1v) is 8.33. The summed E-state index contributed by atoms with van der Waals surface area (Å²) in [7, 11) is 0. The van der Waals surface area contributed by atoms with Crippen molar-refractivity contribution in [3.63, 3.8) is 0 Å². The van der Waals surface area contributed by atoms with E-state index in [1.807, 2.05) is 6.92 Å². The van der Waals surface area contributed by atoms with Gasteiger partial charge < -0.3 is 15.2 Å². The third kappa shape index (κ3) is 2.31. The topological polar surface area (TPSA) is 61.0 Å². The van der Waals surface area contributed by atoms with Crippen LogP contribution in [0.1, 0.15) is 47.7 Å². The van der Waals surface area contributed by atoms with E-state index in [0.29, 0.717) is 6.42 Å². The van der Waals surface area contributed by atoms with Crippen molar-refractivity contribution >= 4 is 17.3 Å². The minimum Gasteiger partial charge on any atom is -0.371 e. The molecule has 5 nitrogen and oxygen atoms in total. The van der Waals surface area contributed by atoms with Crippen LogP contribution in [0.3, 0.4) is 0 Å². The van der Waals surface area contributed by atoms with Crippen molar-refractivity contribution in [2.24, 2.45) is 0 Å². The molecule has 0 bridgehead atoms. The molecule has 23 heavy (non-hydrogen) atoms. The largest absolute Gasteiger partial charge is 0.371 e. The Morgan fingerprint density at radius 2 is 2.00 bits per heavy atom. The number of hydrogen-bond acceptors (Lipinski definition) is 3. The minimum atomic E-state index is 0.0383. The predicted octanol–water partition coefficient (Wildman–Crippen LogP) is 3.10. The zero-order chi connectivity index (χ0) is 16.0. The number of anilines is 2. The first-order valence-electron chi connectivity index (χ1n) is 8.33. The summed E-state index contributed by atoms with van der Waals surface area (Å²) >= 11 is 0. The van der Waals surface area contributed by atoms with E-state index in [1.54, 1.807) is 6.33 Å². The normalized spacial score (nSPS) is 20.5. The summed E-state index contributed by atoms with van der Waals surface area (Å²) in [5.74, 6) is 0.114. The molecule has 2 aromatic rings. The Kier molecular flexibility index (Phi) is 3.36. The number of fused-ring (bicyclic) bond motifs is 1. The number of aromatic nitrogens is 2. The van der Waals surface area contributed by atoms with E-state index in [1.165, 1.54) is 29.7 Å². The highest BCUT2D eigenvalue weighted by Crippen LogP contribution is 2.42. The number of nitrogens with one attached hydrogen (secondary N) is 2. The molecular weight excluding hydrogens is 288 g/mol. The lowest BCUT2D eigenvalue weighted by atomic mass is 9.85. The Hall–Kier alpha value is -2.30. The molecule has 120 valence electrons. The first kappa shape index (κ1) is 14.3. The number of imidazole rings is 1. The van der Waals surface area contributed by atoms with Crippen LogP contribution in [-0.2, 0) is 4.79 Å². The van der Waals surface area contributed by atoms with Gasteiger partial charge in [-0.2, -0.15) is 0 Å². The summed E-state index contributed by atoms with van der Waals surface area (Å²) < 4.78 is 0. The Balaban J connectivity index is 1.81. The van der Waals surface area contributed by atoms with Crippen LogP contribution in [0.5, 0.6) is 0 Å². The van der Waals surface area contributed by atoms with E-state index in [4.69, 9.17) is 0 Å². The van der Waals surface area contributed by atoms with Gasteiger partial charge in [-0.05, 0) is 43.9 Å². The fourth-order valence-electron chi connectivity index (χ4n) is 3.93. The maximum Gasteiger partial charge on any atom is 0.225 e. The van der Waals surface area contributed by atoms with Crippen LogP contribution in [-0.4, -0.2) is 29.0 Å². The lowest BCUT2D eigenvalue weighted by molar-refractivity contribution is -0.116. The van der Waals surface area contributed by atoms with Crippen molar-refractivity contribution in [2.45, 2.75) is 39.0 Å². The number of rotatable bonds is 2. The lowest BCUT2D eigenvalue weighted by Gasteiger charge is -2.30. The average Bonchev–Trinajstić information content (AvgIpc) is 3.19. The molecule has 1 saturated heterocycles. The second-order valence-electron chi connectivity index (χ2n) is 6.59. The summed E-state index contributed by atoms with van der Waals surface area (Å²) in [6, 6.07) is 4.39. The summed E-state index contributed by atoms with van der Waals surface area (Å²) in [4.78, 5) is 22.3. The first-order chi connectivity index (χ1) is 11.1. The molecule has 2 N–H and O–H groups in total. The van der Waals surface area contributed by atoms with E-state index in [9.17, 15) is 4.79 Å². The molecule has 0 aliphatic carbocycles. The number of hydrogen-bond donors (Lipinski definition) is 2. The number of amides is 1. The van der Waals surface area contributed by atoms with Crippen molar-refractivity contribution in [3.05, 3.63) is 41.0 Å². The molecule has 3 heterocycles. The molecule has 4 rings (SSSR count). The molecular formula is C18H22N4O. The SMILES string of the molecule is Cc1[nH]cnc1C1CC(=O)Nc2c1ccc(N1CCCC1)c2C. The highest BCUT2D eigenvalue weighted by Gasteiger charge is 2.31. The maximum absolute atomic E-state index is 12.3. The van der Waals surface area contributed by atoms with Crippen LogP contribution in [0.2, 0.25) is 0 Å². The lowest BCUT2D eigenvalue weighted by Crippen LogP contribution is -2.26. The van der Waals surface area contributed by atoms with Gasteiger partial charge >= 0.3 is 0 Å². The minimum absolute atomic E-state index is 0.0383. The van der Waals surface area contributed by atoms with Crippen molar-refractivity contribution in [2.75, 3.05) is 23.3 Å². The van der Waals surface area contributed by atoms with E-state index in [2.05, 4.69) is 39.2 Å². The number of aromatic amines is 1. The van der Waals surface area contributed by atoms with Gasteiger partial charge in [0.15, 0.2) is 0 Å². The molecule has 1 fully saturated rings. The molecule has 2 aliphatic rings. The number of aryl methyl sites for hydroxylation is 1. The Labute approximate surface area is 136 Å². The zero-order valence-corrected chi connectivity index (χ0v) is 13.6. The molecule has 1 unspecified atom stereocenters. The van der Waals surface area contributed by atoms with Gasteiger partial charge in [0.2, 0.25) is 5.91 Å². The fourth-order valence-corrected chi connectivity index (χ4v) is 3.93. The van der Waals surface area contributed by atoms with Gasteiger partial charge in [0.25, 0.3) is 0 Å². The Morgan fingerprint density at radius 1 is 1.22 bits per heavy atom. The van der Waals surface area contributed by atoms with E-state index in [0.717, 1.165) is 30.2 Å². The van der Waals surface area contributed by atoms with Gasteiger partial charge in [-0.1, -0.05) is 6.07 Å². The van der Waals surface area contributed by atoms with Gasteiger partial charge in [0.05, 0.1) is 12.0 Å². The highest BCUT2D eigenvalue weighted by molar-refractivity contribution is 5.97. The molecule has 0 saturated carbocycles. The van der Waals surface area contributed by atoms with Gasteiger partial charge in [-0.25, -0.2) is 4.98 Å². The monoisotopic (exact) mass is 310 g/mol. The molecule has 1 aromatic carbocycles. The number of H-pyrrole nitrogens is 1. The molecule has 1 atom stereocenters. The molecule has 1 aromatic heterocycles. The van der Waals surface area contributed by atoms with Crippen LogP contribution in [0, 0.1) is 13.8 Å². The third-order valence-corrected chi connectivity index (χ3v) is 5.14. The van der Waals surface area contributed by atoms with E-state index < -0.39 is 0 Å². The van der Waals surface area contributed by atoms with Crippen LogP contribution >= 0.6 is 0 Å². The van der Waals surface area contributed by atoms with Gasteiger partial charge in [-0.3, -0.25) is 4.79 Å². The Morgan fingerprint density at radius 3 is 2.70 bits per heavy atom. The van der Waals surface area contributed by atoms with Gasteiger partial charge in [-0.15, -0.1) is 0 Å². The molecule has 2 aliphatic heterocycles.